The molecule has 0 spiro atoms. The van der Waals surface area contributed by atoms with Crippen molar-refractivity contribution < 1.29 is 14.3 Å². The van der Waals surface area contributed by atoms with Gasteiger partial charge in [-0.3, -0.25) is 14.6 Å². The van der Waals surface area contributed by atoms with Crippen LogP contribution in [-0.4, -0.2) is 24.6 Å². The maximum atomic E-state index is 13.4. The van der Waals surface area contributed by atoms with Gasteiger partial charge in [0.25, 0.3) is 0 Å². The maximum Gasteiger partial charge on any atom is 0.315 e. The number of nitrogens with zero attached hydrogens (tertiary/aromatic N) is 1. The van der Waals surface area contributed by atoms with Gasteiger partial charge in [0.1, 0.15) is 5.92 Å². The second-order valence-corrected chi connectivity index (χ2v) is 7.48. The highest BCUT2D eigenvalue weighted by molar-refractivity contribution is 6.24. The highest BCUT2D eigenvalue weighted by atomic mass is 16.5. The van der Waals surface area contributed by atoms with Crippen LogP contribution in [0.25, 0.3) is 16.5 Å². The SMILES string of the molecule is COC(=O)C1C(C)=NC2=C(C(=O)c3ccccc32)[C@@H]1c1ccc2ccccc2c1. The van der Waals surface area contributed by atoms with Gasteiger partial charge in [0.15, 0.2) is 5.78 Å². The van der Waals surface area contributed by atoms with E-state index in [1.807, 2.05) is 67.6 Å². The summed E-state index contributed by atoms with van der Waals surface area (Å²) in [6.07, 6.45) is 0. The molecule has 1 aliphatic carbocycles. The predicted molar refractivity (Wildman–Crippen MR) is 113 cm³/mol. The molecule has 2 atom stereocenters. The highest BCUT2D eigenvalue weighted by Gasteiger charge is 2.45. The molecular weight excluding hydrogens is 362 g/mol. The summed E-state index contributed by atoms with van der Waals surface area (Å²) in [5.41, 5.74) is 4.33. The smallest absolute Gasteiger partial charge is 0.315 e. The van der Waals surface area contributed by atoms with Gasteiger partial charge in [-0.15, -0.1) is 0 Å². The third kappa shape index (κ3) is 2.56. The van der Waals surface area contributed by atoms with Gasteiger partial charge in [-0.2, -0.15) is 0 Å². The first kappa shape index (κ1) is 17.6. The maximum absolute atomic E-state index is 13.4. The molecule has 2 aliphatic rings. The van der Waals surface area contributed by atoms with Crippen LogP contribution in [0.4, 0.5) is 0 Å². The molecule has 0 amide bonds. The first-order valence-corrected chi connectivity index (χ1v) is 9.60. The number of hydrogen-bond donors (Lipinski definition) is 0. The Morgan fingerprint density at radius 1 is 0.931 bits per heavy atom. The molecule has 0 saturated heterocycles. The van der Waals surface area contributed by atoms with Gasteiger partial charge < -0.3 is 4.74 Å². The molecule has 0 bridgehead atoms. The van der Waals surface area contributed by atoms with Crippen LogP contribution in [0.15, 0.2) is 77.3 Å². The summed E-state index contributed by atoms with van der Waals surface area (Å²) in [7, 11) is 1.38. The molecule has 4 nitrogen and oxygen atoms in total. The number of benzene rings is 3. The van der Waals surface area contributed by atoms with E-state index < -0.39 is 11.8 Å². The number of hydrogen-bond acceptors (Lipinski definition) is 4. The van der Waals surface area contributed by atoms with Crippen LogP contribution >= 0.6 is 0 Å². The summed E-state index contributed by atoms with van der Waals surface area (Å²) in [5.74, 6) is -1.49. The van der Waals surface area contributed by atoms with Gasteiger partial charge in [-0.1, -0.05) is 66.7 Å². The molecule has 0 aromatic heterocycles. The number of rotatable bonds is 2. The lowest BCUT2D eigenvalue weighted by Crippen LogP contribution is -2.34. The number of methoxy groups -OCH3 is 1. The quantitative estimate of drug-likeness (QED) is 0.600. The van der Waals surface area contributed by atoms with E-state index in [0.29, 0.717) is 22.5 Å². The number of carbonyl (C=O) groups is 2. The third-order valence-electron chi connectivity index (χ3n) is 5.90. The minimum absolute atomic E-state index is 0.0566. The Balaban J connectivity index is 1.76. The van der Waals surface area contributed by atoms with E-state index in [0.717, 1.165) is 21.9 Å². The molecule has 1 aliphatic heterocycles. The lowest BCUT2D eigenvalue weighted by atomic mass is 9.75. The normalized spacial score (nSPS) is 20.3. The molecule has 0 radical (unpaired) electrons. The second kappa shape index (κ2) is 6.52. The van der Waals surface area contributed by atoms with Crippen molar-refractivity contribution in [3.63, 3.8) is 0 Å². The molecule has 142 valence electrons. The van der Waals surface area contributed by atoms with E-state index in [1.54, 1.807) is 0 Å². The average Bonchev–Trinajstić information content (AvgIpc) is 3.04. The van der Waals surface area contributed by atoms with Gasteiger partial charge >= 0.3 is 5.97 Å². The van der Waals surface area contributed by atoms with Crippen LogP contribution in [0, 0.1) is 5.92 Å². The Bertz CT molecular complexity index is 1250. The van der Waals surface area contributed by atoms with E-state index in [-0.39, 0.29) is 11.8 Å². The molecule has 3 aromatic carbocycles. The van der Waals surface area contributed by atoms with E-state index in [4.69, 9.17) is 9.73 Å². The minimum Gasteiger partial charge on any atom is -0.468 e. The number of ether oxygens (including phenoxy) is 1. The molecule has 1 unspecified atom stereocenters. The molecule has 0 saturated carbocycles. The molecular formula is C25H19NO3. The number of fused-ring (bicyclic) bond motifs is 3. The van der Waals surface area contributed by atoms with Crippen molar-refractivity contribution in [2.24, 2.45) is 10.9 Å². The van der Waals surface area contributed by atoms with Gasteiger partial charge in [0.2, 0.25) is 0 Å². The summed E-state index contributed by atoms with van der Waals surface area (Å²) in [4.78, 5) is 30.8. The standard InChI is InChI=1S/C25H19NO3/c1-14-20(25(28)29-2)21(17-12-11-15-7-3-4-8-16(15)13-17)22-23(26-14)18-9-5-6-10-19(18)24(22)27/h3-13,20-21H,1-2H3/t20?,21-/m1/s1. The number of aliphatic imine (C=N–C) groups is 1. The number of Topliss-reactive ketones (excluding diaryl/α,β-unsaturated/α-hetero) is 1. The Labute approximate surface area is 168 Å². The van der Waals surface area contributed by atoms with E-state index in [2.05, 4.69) is 6.07 Å². The Morgan fingerprint density at radius 2 is 1.62 bits per heavy atom. The Kier molecular flexibility index (Phi) is 3.95. The molecule has 1 heterocycles. The fourth-order valence-corrected chi connectivity index (χ4v) is 4.54. The van der Waals surface area contributed by atoms with Crippen molar-refractivity contribution >= 4 is 33.9 Å². The molecule has 0 fully saturated rings. The van der Waals surface area contributed by atoms with Crippen molar-refractivity contribution in [1.29, 1.82) is 0 Å². The van der Waals surface area contributed by atoms with Crippen molar-refractivity contribution in [1.82, 2.24) is 0 Å². The fourth-order valence-electron chi connectivity index (χ4n) is 4.54. The summed E-state index contributed by atoms with van der Waals surface area (Å²) >= 11 is 0. The molecule has 0 N–H and O–H groups in total. The molecule has 29 heavy (non-hydrogen) atoms. The molecule has 4 heteroatoms. The summed E-state index contributed by atoms with van der Waals surface area (Å²) in [5, 5.41) is 2.18. The summed E-state index contributed by atoms with van der Waals surface area (Å²) in [6.45, 7) is 1.84. The van der Waals surface area contributed by atoms with Crippen LogP contribution in [0.3, 0.4) is 0 Å². The average molecular weight is 381 g/mol. The highest BCUT2D eigenvalue weighted by Crippen LogP contribution is 2.48. The monoisotopic (exact) mass is 381 g/mol. The van der Waals surface area contributed by atoms with E-state index in [1.165, 1.54) is 7.11 Å². The zero-order valence-electron chi connectivity index (χ0n) is 16.2. The van der Waals surface area contributed by atoms with Crippen LogP contribution in [0.5, 0.6) is 0 Å². The van der Waals surface area contributed by atoms with E-state index >= 15 is 0 Å². The van der Waals surface area contributed by atoms with Crippen molar-refractivity contribution in [3.8, 4) is 0 Å². The van der Waals surface area contributed by atoms with Gasteiger partial charge in [-0.25, -0.2) is 0 Å². The number of allylic oxidation sites excluding steroid dienone is 1. The topological polar surface area (TPSA) is 55.7 Å². The minimum atomic E-state index is -0.627. The first-order valence-electron chi connectivity index (χ1n) is 9.60. The lowest BCUT2D eigenvalue weighted by molar-refractivity contribution is -0.143. The Morgan fingerprint density at radius 3 is 2.38 bits per heavy atom. The van der Waals surface area contributed by atoms with Gasteiger partial charge in [0, 0.05) is 28.3 Å². The zero-order valence-corrected chi connectivity index (χ0v) is 16.2. The fraction of sp³-hybridized carbons (Fsp3) is 0.160. The zero-order chi connectivity index (χ0) is 20.1. The third-order valence-corrected chi connectivity index (χ3v) is 5.90. The number of carbonyl (C=O) groups excluding carboxylic acids is 2. The number of esters is 1. The van der Waals surface area contributed by atoms with Crippen LogP contribution in [-0.2, 0) is 9.53 Å². The van der Waals surface area contributed by atoms with Crippen molar-refractivity contribution in [3.05, 3.63) is 89.0 Å². The summed E-state index contributed by atoms with van der Waals surface area (Å²) < 4.78 is 5.11. The van der Waals surface area contributed by atoms with Crippen molar-refractivity contribution in [2.45, 2.75) is 12.8 Å². The Hall–Kier alpha value is -3.53. The predicted octanol–water partition coefficient (Wildman–Crippen LogP) is 4.79. The van der Waals surface area contributed by atoms with Gasteiger partial charge in [-0.05, 0) is 23.3 Å². The summed E-state index contributed by atoms with van der Waals surface area (Å²) in [6, 6.07) is 21.7. The van der Waals surface area contributed by atoms with Crippen LogP contribution in [0.2, 0.25) is 0 Å². The second-order valence-electron chi connectivity index (χ2n) is 7.48. The molecule has 5 rings (SSSR count). The van der Waals surface area contributed by atoms with Crippen LogP contribution in [0.1, 0.15) is 34.3 Å². The van der Waals surface area contributed by atoms with Crippen molar-refractivity contribution in [2.75, 3.05) is 7.11 Å². The van der Waals surface area contributed by atoms with Crippen LogP contribution < -0.4 is 0 Å². The van der Waals surface area contributed by atoms with E-state index in [9.17, 15) is 9.59 Å². The first-order chi connectivity index (χ1) is 14.1. The lowest BCUT2D eigenvalue weighted by Gasteiger charge is -2.30. The van der Waals surface area contributed by atoms with Gasteiger partial charge in [0.05, 0.1) is 12.8 Å². The molecule has 3 aromatic rings. The number of ketones is 1. The largest absolute Gasteiger partial charge is 0.468 e.